The molecule has 0 aromatic rings. The average Bonchev–Trinajstić information content (AvgIpc) is 2.75. The first-order valence-electron chi connectivity index (χ1n) is 5.88. The minimum atomic E-state index is -0.299. The number of carbonyl (C=O) groups is 2. The van der Waals surface area contributed by atoms with Crippen LogP contribution in [0, 0.1) is 17.3 Å². The maximum absolute atomic E-state index is 11.6. The highest BCUT2D eigenvalue weighted by molar-refractivity contribution is 5.78. The highest BCUT2D eigenvalue weighted by atomic mass is 16.5. The van der Waals surface area contributed by atoms with E-state index in [2.05, 4.69) is 0 Å². The Labute approximate surface area is 102 Å². The Bertz CT molecular complexity index is 330. The van der Waals surface area contributed by atoms with E-state index >= 15 is 0 Å². The summed E-state index contributed by atoms with van der Waals surface area (Å²) in [4.78, 5) is 22.2. The summed E-state index contributed by atoms with van der Waals surface area (Å²) < 4.78 is 9.81. The van der Waals surface area contributed by atoms with Crippen molar-refractivity contribution in [2.45, 2.75) is 27.7 Å². The number of hydrogen-bond donors (Lipinski definition) is 0. The smallest absolute Gasteiger partial charge is 0.310 e. The second-order valence-electron chi connectivity index (χ2n) is 4.81. The van der Waals surface area contributed by atoms with Crippen molar-refractivity contribution < 1.29 is 19.1 Å². The molecule has 0 aromatic carbocycles. The molecule has 0 bridgehead atoms. The third kappa shape index (κ3) is 3.32. The number of rotatable bonds is 5. The summed E-state index contributed by atoms with van der Waals surface area (Å²) in [6.45, 7) is 7.92. The third-order valence-corrected chi connectivity index (χ3v) is 3.18. The molecule has 4 heteroatoms. The van der Waals surface area contributed by atoms with E-state index in [0.29, 0.717) is 6.61 Å². The molecule has 0 spiro atoms. The summed E-state index contributed by atoms with van der Waals surface area (Å²) >= 11 is 0. The first-order chi connectivity index (χ1) is 7.91. The van der Waals surface area contributed by atoms with Gasteiger partial charge in [0.25, 0.3) is 0 Å². The van der Waals surface area contributed by atoms with Gasteiger partial charge in [-0.2, -0.15) is 0 Å². The van der Waals surface area contributed by atoms with Gasteiger partial charge >= 0.3 is 11.9 Å². The van der Waals surface area contributed by atoms with Crippen LogP contribution in [0.15, 0.2) is 12.2 Å². The predicted octanol–water partition coefficient (Wildman–Crippen LogP) is 1.94. The molecule has 4 nitrogen and oxygen atoms in total. The number of allylic oxidation sites excluding steroid dienone is 1. The molecule has 2 atom stereocenters. The molecular weight excluding hydrogens is 220 g/mol. The zero-order valence-electron chi connectivity index (χ0n) is 10.9. The van der Waals surface area contributed by atoms with Gasteiger partial charge in [0.1, 0.15) is 6.61 Å². The second kappa shape index (κ2) is 5.34. The second-order valence-corrected chi connectivity index (χ2v) is 4.81. The molecule has 1 fully saturated rings. The van der Waals surface area contributed by atoms with Gasteiger partial charge in [-0.15, -0.1) is 0 Å². The van der Waals surface area contributed by atoms with Crippen molar-refractivity contribution in [2.24, 2.45) is 17.3 Å². The Kier molecular flexibility index (Phi) is 4.32. The lowest BCUT2D eigenvalue weighted by atomic mass is 10.1. The van der Waals surface area contributed by atoms with E-state index in [0.717, 1.165) is 0 Å². The highest BCUT2D eigenvalue weighted by Gasteiger charge is 2.61. The summed E-state index contributed by atoms with van der Waals surface area (Å²) in [5.41, 5.74) is -0.0566. The van der Waals surface area contributed by atoms with E-state index in [1.807, 2.05) is 19.9 Å². The molecule has 0 amide bonds. The Balaban J connectivity index is 2.45. The van der Waals surface area contributed by atoms with Crippen LogP contribution in [0.25, 0.3) is 0 Å². The fraction of sp³-hybridized carbons (Fsp3) is 0.692. The third-order valence-electron chi connectivity index (χ3n) is 3.18. The van der Waals surface area contributed by atoms with E-state index < -0.39 is 0 Å². The maximum Gasteiger partial charge on any atom is 0.310 e. The molecule has 1 aliphatic rings. The van der Waals surface area contributed by atoms with Gasteiger partial charge < -0.3 is 9.47 Å². The van der Waals surface area contributed by atoms with Crippen molar-refractivity contribution in [3.05, 3.63) is 12.2 Å². The molecule has 96 valence electrons. The molecule has 0 N–H and O–H groups in total. The quantitative estimate of drug-likeness (QED) is 0.544. The van der Waals surface area contributed by atoms with Gasteiger partial charge in [-0.25, -0.2) is 0 Å². The molecule has 17 heavy (non-hydrogen) atoms. The first kappa shape index (κ1) is 13.7. The normalized spacial score (nSPS) is 25.6. The standard InChI is InChI=1S/C13H20O4/c1-5-16-12(15)11-10(13(11,3)4)7-6-8-17-9(2)14/h6-7,10-11H,5,8H2,1-4H3/b7-6+/t10-,11+/m1/s1. The molecule has 0 aliphatic heterocycles. The number of hydrogen-bond acceptors (Lipinski definition) is 4. The summed E-state index contributed by atoms with van der Waals surface area (Å²) in [5.74, 6) is -0.334. The van der Waals surface area contributed by atoms with Gasteiger partial charge in [0.15, 0.2) is 0 Å². The highest BCUT2D eigenvalue weighted by Crippen LogP contribution is 2.59. The zero-order chi connectivity index (χ0) is 13.1. The lowest BCUT2D eigenvalue weighted by Gasteiger charge is -2.01. The number of esters is 2. The van der Waals surface area contributed by atoms with E-state index in [4.69, 9.17) is 9.47 Å². The molecule has 0 saturated heterocycles. The van der Waals surface area contributed by atoms with Gasteiger partial charge in [0.05, 0.1) is 12.5 Å². The summed E-state index contributed by atoms with van der Waals surface area (Å²) in [5, 5.41) is 0. The SMILES string of the molecule is CCOC(=O)[C@@H]1[C@@H](/C=C/COC(C)=O)C1(C)C. The van der Waals surface area contributed by atoms with Gasteiger partial charge in [-0.1, -0.05) is 26.0 Å². The summed E-state index contributed by atoms with van der Waals surface area (Å²) in [7, 11) is 0. The van der Waals surface area contributed by atoms with Gasteiger partial charge in [-0.3, -0.25) is 9.59 Å². The molecule has 1 saturated carbocycles. The molecule has 1 rings (SSSR count). The van der Waals surface area contributed by atoms with Crippen molar-refractivity contribution >= 4 is 11.9 Å². The summed E-state index contributed by atoms with van der Waals surface area (Å²) in [6.07, 6.45) is 3.72. The molecular formula is C13H20O4. The Hall–Kier alpha value is -1.32. The fourth-order valence-electron chi connectivity index (χ4n) is 2.09. The van der Waals surface area contributed by atoms with Crippen LogP contribution in [0.4, 0.5) is 0 Å². The lowest BCUT2D eigenvalue weighted by molar-refractivity contribution is -0.145. The van der Waals surface area contributed by atoms with Crippen LogP contribution in [0.5, 0.6) is 0 Å². The van der Waals surface area contributed by atoms with E-state index in [-0.39, 0.29) is 35.8 Å². The van der Waals surface area contributed by atoms with E-state index in [9.17, 15) is 9.59 Å². The van der Waals surface area contributed by atoms with Crippen molar-refractivity contribution in [3.8, 4) is 0 Å². The fourth-order valence-corrected chi connectivity index (χ4v) is 2.09. The largest absolute Gasteiger partial charge is 0.466 e. The Morgan fingerprint density at radius 2 is 1.94 bits per heavy atom. The van der Waals surface area contributed by atoms with Crippen LogP contribution in [0.2, 0.25) is 0 Å². The number of ether oxygens (including phenoxy) is 2. The monoisotopic (exact) mass is 240 g/mol. The van der Waals surface area contributed by atoms with Crippen molar-refractivity contribution in [1.82, 2.24) is 0 Å². The van der Waals surface area contributed by atoms with E-state index in [1.54, 1.807) is 13.0 Å². The van der Waals surface area contributed by atoms with Gasteiger partial charge in [0, 0.05) is 6.92 Å². The topological polar surface area (TPSA) is 52.6 Å². The van der Waals surface area contributed by atoms with Gasteiger partial charge in [0.2, 0.25) is 0 Å². The Morgan fingerprint density at radius 1 is 1.29 bits per heavy atom. The van der Waals surface area contributed by atoms with Crippen molar-refractivity contribution in [3.63, 3.8) is 0 Å². The maximum atomic E-state index is 11.6. The lowest BCUT2D eigenvalue weighted by Crippen LogP contribution is -2.10. The van der Waals surface area contributed by atoms with Crippen LogP contribution in [-0.2, 0) is 19.1 Å². The molecule has 0 heterocycles. The predicted molar refractivity (Wildman–Crippen MR) is 63.2 cm³/mol. The minimum absolute atomic E-state index is 0.0566. The number of carbonyl (C=O) groups excluding carboxylic acids is 2. The van der Waals surface area contributed by atoms with Crippen LogP contribution in [0.3, 0.4) is 0 Å². The van der Waals surface area contributed by atoms with Gasteiger partial charge in [-0.05, 0) is 18.3 Å². The average molecular weight is 240 g/mol. The van der Waals surface area contributed by atoms with Crippen LogP contribution in [-0.4, -0.2) is 25.2 Å². The van der Waals surface area contributed by atoms with Crippen LogP contribution in [0.1, 0.15) is 27.7 Å². The van der Waals surface area contributed by atoms with Crippen molar-refractivity contribution in [1.29, 1.82) is 0 Å². The molecule has 0 unspecified atom stereocenters. The molecule has 0 radical (unpaired) electrons. The summed E-state index contributed by atoms with van der Waals surface area (Å²) in [6, 6.07) is 0. The molecule has 1 aliphatic carbocycles. The first-order valence-corrected chi connectivity index (χ1v) is 5.88. The Morgan fingerprint density at radius 3 is 2.47 bits per heavy atom. The zero-order valence-corrected chi connectivity index (χ0v) is 10.9. The minimum Gasteiger partial charge on any atom is -0.466 e. The van der Waals surface area contributed by atoms with E-state index in [1.165, 1.54) is 6.92 Å². The van der Waals surface area contributed by atoms with Crippen molar-refractivity contribution in [2.75, 3.05) is 13.2 Å². The van der Waals surface area contributed by atoms with Crippen LogP contribution >= 0.6 is 0 Å². The molecule has 0 aromatic heterocycles. The van der Waals surface area contributed by atoms with Crippen LogP contribution < -0.4 is 0 Å².